The van der Waals surface area contributed by atoms with Crippen LogP contribution in [-0.2, 0) is 19.7 Å². The first-order valence-corrected chi connectivity index (χ1v) is 2.84. The van der Waals surface area contributed by atoms with E-state index in [2.05, 4.69) is 0 Å². The minimum absolute atomic E-state index is 0.539. The number of carbonyl (C=O) groups is 2. The second-order valence-corrected chi connectivity index (χ2v) is 2.20. The van der Waals surface area contributed by atoms with Gasteiger partial charge in [0.05, 0.1) is 0 Å². The highest BCUT2D eigenvalue weighted by Gasteiger charge is 2.05. The third-order valence-electron chi connectivity index (χ3n) is 0.343. The third kappa shape index (κ3) is 1.80. The number of rotatable bonds is 1. The monoisotopic (exact) mass is 137 g/mol. The predicted molar refractivity (Wildman–Crippen MR) is 20.8 cm³/mol. The predicted octanol–water partition coefficient (Wildman–Crippen LogP) is -1.74. The second-order valence-electron chi connectivity index (χ2n) is 0.891. The maximum Gasteiger partial charge on any atom is 0.296 e. The van der Waals surface area contributed by atoms with E-state index in [-0.39, 0.29) is 0 Å². The van der Waals surface area contributed by atoms with Crippen LogP contribution in [0.25, 0.3) is 0 Å². The summed E-state index contributed by atoms with van der Waals surface area (Å²) < 4.78 is 28.3. The van der Waals surface area contributed by atoms with Gasteiger partial charge in [0.1, 0.15) is 0 Å². The average Bonchev–Trinajstić information content (AvgIpc) is 1.62. The molecule has 0 amide bonds. The summed E-state index contributed by atoms with van der Waals surface area (Å²) in [5.41, 5.74) is 0. The molecule has 0 saturated heterocycles. The van der Waals surface area contributed by atoms with E-state index in [0.717, 1.165) is 0 Å². The fourth-order valence-corrected chi connectivity index (χ4v) is 0.177. The molecule has 0 aromatic rings. The summed E-state index contributed by atoms with van der Waals surface area (Å²) in [5, 5.41) is -1.93. The number of hydrogen-bond acceptors (Lipinski definition) is 5. The highest BCUT2D eigenvalue weighted by Crippen LogP contribution is 1.77. The van der Waals surface area contributed by atoms with E-state index in [4.69, 9.17) is 0 Å². The van der Waals surface area contributed by atoms with Crippen molar-refractivity contribution < 1.29 is 22.6 Å². The van der Waals surface area contributed by atoms with Crippen molar-refractivity contribution in [2.24, 2.45) is 0 Å². The first-order chi connectivity index (χ1) is 3.48. The zero-order chi connectivity index (χ0) is 6.78. The van der Waals surface area contributed by atoms with Crippen LogP contribution in [0.4, 0.5) is 0 Å². The summed E-state index contributed by atoms with van der Waals surface area (Å²) >= 11 is 0. The standard InChI is InChI=1S/C2H2O5S/c3-1-2(4)8(5,6)7/h1H,(H,5,6,7)/p-1. The van der Waals surface area contributed by atoms with E-state index < -0.39 is 21.5 Å². The van der Waals surface area contributed by atoms with Gasteiger partial charge in [-0.1, -0.05) is 0 Å². The van der Waals surface area contributed by atoms with Crippen molar-refractivity contribution in [2.75, 3.05) is 0 Å². The van der Waals surface area contributed by atoms with Crippen molar-refractivity contribution >= 4 is 21.5 Å². The summed E-state index contributed by atoms with van der Waals surface area (Å²) in [6.07, 6.45) is -0.539. The molecule has 0 aromatic carbocycles. The molecule has 0 aliphatic carbocycles. The number of carbonyl (C=O) groups excluding carboxylic acids is 2. The van der Waals surface area contributed by atoms with Crippen molar-refractivity contribution in [2.45, 2.75) is 0 Å². The van der Waals surface area contributed by atoms with Crippen LogP contribution in [0.3, 0.4) is 0 Å². The third-order valence-corrected chi connectivity index (χ3v) is 0.932. The van der Waals surface area contributed by atoms with E-state index in [1.165, 1.54) is 0 Å². The molecule has 0 unspecified atom stereocenters. The average molecular weight is 137 g/mol. The topological polar surface area (TPSA) is 91.3 Å². The molecule has 0 aliphatic heterocycles. The maximum atomic E-state index is 9.56. The van der Waals surface area contributed by atoms with Gasteiger partial charge < -0.3 is 4.55 Å². The van der Waals surface area contributed by atoms with E-state index in [9.17, 15) is 22.6 Å². The zero-order valence-corrected chi connectivity index (χ0v) is 4.34. The molecule has 0 aliphatic rings. The van der Waals surface area contributed by atoms with E-state index in [0.29, 0.717) is 0 Å². The van der Waals surface area contributed by atoms with Crippen molar-refractivity contribution in [3.63, 3.8) is 0 Å². The normalized spacial score (nSPS) is 10.6. The second kappa shape index (κ2) is 2.01. The Bertz CT molecular complexity index is 198. The summed E-state index contributed by atoms with van der Waals surface area (Å²) in [6, 6.07) is 0. The van der Waals surface area contributed by atoms with Crippen molar-refractivity contribution in [1.82, 2.24) is 0 Å². The Morgan fingerprint density at radius 2 is 1.88 bits per heavy atom. The summed E-state index contributed by atoms with van der Waals surface area (Å²) in [5.74, 6) is 0. The van der Waals surface area contributed by atoms with E-state index in [1.807, 2.05) is 0 Å². The van der Waals surface area contributed by atoms with Crippen LogP contribution in [0.2, 0.25) is 0 Å². The molecule has 0 spiro atoms. The van der Waals surface area contributed by atoms with Crippen LogP contribution in [0.15, 0.2) is 0 Å². The first-order valence-electron chi connectivity index (χ1n) is 1.43. The quantitative estimate of drug-likeness (QED) is 0.243. The van der Waals surface area contributed by atoms with Gasteiger partial charge >= 0.3 is 0 Å². The van der Waals surface area contributed by atoms with Crippen molar-refractivity contribution in [3.8, 4) is 0 Å². The van der Waals surface area contributed by atoms with Crippen LogP contribution in [-0.4, -0.2) is 24.4 Å². The molecule has 0 N–H and O–H groups in total. The van der Waals surface area contributed by atoms with Crippen LogP contribution in [0, 0.1) is 0 Å². The molecule has 0 fully saturated rings. The lowest BCUT2D eigenvalue weighted by molar-refractivity contribution is -0.125. The highest BCUT2D eigenvalue weighted by molar-refractivity contribution is 8.02. The number of hydrogen-bond donors (Lipinski definition) is 0. The SMILES string of the molecule is O=CC(=O)S(=O)(=O)[O-]. The lowest BCUT2D eigenvalue weighted by Gasteiger charge is -1.95. The molecule has 0 heterocycles. The lowest BCUT2D eigenvalue weighted by Crippen LogP contribution is -2.13. The fourth-order valence-electron chi connectivity index (χ4n) is 0.0589. The molecule has 46 valence electrons. The molecule has 5 nitrogen and oxygen atoms in total. The fraction of sp³-hybridized carbons (Fsp3) is 0. The van der Waals surface area contributed by atoms with Crippen LogP contribution in [0.1, 0.15) is 0 Å². The first kappa shape index (κ1) is 7.25. The number of aldehydes is 1. The Morgan fingerprint density at radius 1 is 1.50 bits per heavy atom. The molecular formula is C2HO5S-. The van der Waals surface area contributed by atoms with Gasteiger partial charge in [0.15, 0.2) is 10.1 Å². The summed E-state index contributed by atoms with van der Waals surface area (Å²) in [4.78, 5) is 18.8. The van der Waals surface area contributed by atoms with Gasteiger partial charge in [0.25, 0.3) is 5.12 Å². The van der Waals surface area contributed by atoms with E-state index >= 15 is 0 Å². The van der Waals surface area contributed by atoms with Crippen LogP contribution < -0.4 is 0 Å². The molecule has 0 saturated carbocycles. The lowest BCUT2D eigenvalue weighted by atomic mass is 10.9. The Labute approximate surface area is 45.1 Å². The minimum atomic E-state index is -5.01. The minimum Gasteiger partial charge on any atom is -0.741 e. The molecule has 0 atom stereocenters. The largest absolute Gasteiger partial charge is 0.741 e. The highest BCUT2D eigenvalue weighted by atomic mass is 32.2. The summed E-state index contributed by atoms with van der Waals surface area (Å²) in [7, 11) is -5.01. The summed E-state index contributed by atoms with van der Waals surface area (Å²) in [6.45, 7) is 0. The molecule has 0 rings (SSSR count). The van der Waals surface area contributed by atoms with Crippen molar-refractivity contribution in [3.05, 3.63) is 0 Å². The van der Waals surface area contributed by atoms with Crippen LogP contribution >= 0.6 is 0 Å². The molecule has 0 bridgehead atoms. The Kier molecular flexibility index (Phi) is 1.82. The smallest absolute Gasteiger partial charge is 0.296 e. The zero-order valence-electron chi connectivity index (χ0n) is 3.53. The molecule has 6 heteroatoms. The van der Waals surface area contributed by atoms with E-state index in [1.54, 1.807) is 0 Å². The Morgan fingerprint density at radius 3 is 1.88 bits per heavy atom. The molecular weight excluding hydrogens is 136 g/mol. The van der Waals surface area contributed by atoms with Gasteiger partial charge in [-0.15, -0.1) is 0 Å². The molecule has 8 heavy (non-hydrogen) atoms. The molecule has 0 radical (unpaired) electrons. The van der Waals surface area contributed by atoms with Crippen LogP contribution in [0.5, 0.6) is 0 Å². The van der Waals surface area contributed by atoms with Gasteiger partial charge in [-0.25, -0.2) is 8.42 Å². The van der Waals surface area contributed by atoms with Gasteiger partial charge in [-0.05, 0) is 0 Å². The van der Waals surface area contributed by atoms with Crippen molar-refractivity contribution in [1.29, 1.82) is 0 Å². The molecule has 0 aromatic heterocycles. The maximum absolute atomic E-state index is 9.56. The van der Waals surface area contributed by atoms with Gasteiger partial charge in [0, 0.05) is 0 Å². The Hall–Kier alpha value is -0.750. The Balaban J connectivity index is 4.53. The van der Waals surface area contributed by atoms with Gasteiger partial charge in [0.2, 0.25) is 6.29 Å². The van der Waals surface area contributed by atoms with Gasteiger partial charge in [-0.2, -0.15) is 0 Å². The van der Waals surface area contributed by atoms with Gasteiger partial charge in [-0.3, -0.25) is 9.59 Å².